The minimum absolute atomic E-state index is 0.0339. The largest absolute Gasteiger partial charge is 0.465 e. The number of benzene rings is 2. The van der Waals surface area contributed by atoms with Crippen molar-refractivity contribution in [1.29, 1.82) is 0 Å². The number of carbonyl (C=O) groups is 2. The number of halogens is 5. The summed E-state index contributed by atoms with van der Waals surface area (Å²) in [5.41, 5.74) is -1.23. The first-order chi connectivity index (χ1) is 14.6. The van der Waals surface area contributed by atoms with Gasteiger partial charge in [0.15, 0.2) is 16.4 Å². The summed E-state index contributed by atoms with van der Waals surface area (Å²) in [6, 6.07) is 8.05. The van der Waals surface area contributed by atoms with Crippen LogP contribution in [0.15, 0.2) is 47.8 Å². The summed E-state index contributed by atoms with van der Waals surface area (Å²) in [6.07, 6.45) is -4.66. The fraction of sp³-hybridized carbons (Fsp3) is 0.100. The molecule has 0 fully saturated rings. The maximum atomic E-state index is 13.2. The number of nitrogens with one attached hydrogen (secondary N) is 1. The van der Waals surface area contributed by atoms with Crippen molar-refractivity contribution >= 4 is 52.1 Å². The number of thiophene rings is 1. The average molecular weight is 490 g/mol. The monoisotopic (exact) mass is 489 g/mol. The molecule has 31 heavy (non-hydrogen) atoms. The third-order valence-corrected chi connectivity index (χ3v) is 5.21. The molecule has 0 atom stereocenters. The van der Waals surface area contributed by atoms with E-state index in [1.807, 2.05) is 0 Å². The van der Waals surface area contributed by atoms with Crippen LogP contribution in [0.1, 0.15) is 25.6 Å². The molecule has 1 N–H and O–H groups in total. The summed E-state index contributed by atoms with van der Waals surface area (Å²) in [7, 11) is 1.19. The highest BCUT2D eigenvalue weighted by molar-refractivity contribution is 7.12. The molecule has 0 unspecified atom stereocenters. The van der Waals surface area contributed by atoms with Gasteiger partial charge in [-0.15, -0.1) is 11.3 Å². The highest BCUT2D eigenvalue weighted by Gasteiger charge is 2.32. The number of rotatable bonds is 5. The van der Waals surface area contributed by atoms with Crippen LogP contribution in [-0.2, 0) is 10.9 Å². The molecule has 5 nitrogen and oxygen atoms in total. The second-order valence-electron chi connectivity index (χ2n) is 6.03. The van der Waals surface area contributed by atoms with Gasteiger partial charge >= 0.3 is 12.1 Å². The molecule has 0 saturated carbocycles. The zero-order chi connectivity index (χ0) is 22.8. The van der Waals surface area contributed by atoms with E-state index in [1.54, 1.807) is 5.38 Å². The summed E-state index contributed by atoms with van der Waals surface area (Å²) >= 11 is 12.8. The first-order valence-electron chi connectivity index (χ1n) is 8.41. The van der Waals surface area contributed by atoms with Crippen molar-refractivity contribution in [1.82, 2.24) is 0 Å². The third-order valence-electron chi connectivity index (χ3n) is 3.90. The van der Waals surface area contributed by atoms with Gasteiger partial charge in [0.2, 0.25) is 0 Å². The lowest BCUT2D eigenvalue weighted by atomic mass is 10.1. The molecule has 0 aliphatic rings. The molecule has 0 aliphatic carbocycles. The van der Waals surface area contributed by atoms with Crippen LogP contribution in [0.4, 0.5) is 18.9 Å². The Morgan fingerprint density at radius 1 is 1.00 bits per heavy atom. The van der Waals surface area contributed by atoms with E-state index in [9.17, 15) is 22.8 Å². The van der Waals surface area contributed by atoms with Gasteiger partial charge in [-0.05, 0) is 47.8 Å². The maximum absolute atomic E-state index is 13.2. The fourth-order valence-corrected chi connectivity index (χ4v) is 3.77. The lowest BCUT2D eigenvalue weighted by Crippen LogP contribution is -2.14. The van der Waals surface area contributed by atoms with Crippen molar-refractivity contribution in [2.24, 2.45) is 0 Å². The Kier molecular flexibility index (Phi) is 6.78. The third kappa shape index (κ3) is 5.49. The number of anilines is 1. The fourth-order valence-electron chi connectivity index (χ4n) is 2.51. The maximum Gasteiger partial charge on any atom is 0.416 e. The lowest BCUT2D eigenvalue weighted by Gasteiger charge is -2.15. The van der Waals surface area contributed by atoms with Gasteiger partial charge in [-0.1, -0.05) is 23.2 Å². The van der Waals surface area contributed by atoms with Crippen LogP contribution >= 0.6 is 34.5 Å². The second kappa shape index (κ2) is 9.17. The number of methoxy groups -OCH3 is 1. The topological polar surface area (TPSA) is 64.6 Å². The van der Waals surface area contributed by atoms with Gasteiger partial charge in [0.05, 0.1) is 18.4 Å². The van der Waals surface area contributed by atoms with Crippen molar-refractivity contribution in [3.8, 4) is 11.5 Å². The van der Waals surface area contributed by atoms with E-state index in [-0.39, 0.29) is 37.7 Å². The molecule has 3 aromatic rings. The Labute approximate surface area is 188 Å². The zero-order valence-corrected chi connectivity index (χ0v) is 17.9. The summed E-state index contributed by atoms with van der Waals surface area (Å²) in [6.45, 7) is 0. The molecule has 162 valence electrons. The summed E-state index contributed by atoms with van der Waals surface area (Å²) in [5.74, 6) is -1.47. The van der Waals surface area contributed by atoms with Crippen LogP contribution < -0.4 is 10.1 Å². The normalized spacial score (nSPS) is 11.2. The van der Waals surface area contributed by atoms with Gasteiger partial charge in [0.1, 0.15) is 0 Å². The number of alkyl halides is 3. The number of hydrogen-bond donors (Lipinski definition) is 1. The zero-order valence-electron chi connectivity index (χ0n) is 15.5. The van der Waals surface area contributed by atoms with Crippen molar-refractivity contribution in [3.63, 3.8) is 0 Å². The first-order valence-corrected chi connectivity index (χ1v) is 10.0. The smallest absolute Gasteiger partial charge is 0.416 e. The quantitative estimate of drug-likeness (QED) is 0.395. The van der Waals surface area contributed by atoms with Gasteiger partial charge in [-0.3, -0.25) is 4.79 Å². The molecule has 0 spiro atoms. The van der Waals surface area contributed by atoms with E-state index in [0.29, 0.717) is 0 Å². The molecular weight excluding hydrogens is 478 g/mol. The van der Waals surface area contributed by atoms with Crippen LogP contribution in [0.25, 0.3) is 0 Å². The first kappa shape index (κ1) is 22.9. The van der Waals surface area contributed by atoms with Crippen LogP contribution in [0.3, 0.4) is 0 Å². The van der Waals surface area contributed by atoms with Gasteiger partial charge in [0, 0.05) is 15.6 Å². The van der Waals surface area contributed by atoms with Crippen LogP contribution in [0, 0.1) is 0 Å². The van der Waals surface area contributed by atoms with E-state index in [1.165, 1.54) is 31.4 Å². The number of amides is 1. The lowest BCUT2D eigenvalue weighted by molar-refractivity contribution is -0.137. The number of esters is 1. The van der Waals surface area contributed by atoms with E-state index in [2.05, 4.69) is 10.1 Å². The van der Waals surface area contributed by atoms with Gasteiger partial charge in [0.25, 0.3) is 5.91 Å². The SMILES string of the molecule is COC(=O)c1sccc1Oc1ccc(C(F)(F)F)cc1NC(=O)c1cc(Cl)cc(Cl)c1. The molecule has 1 amide bonds. The standard InChI is InChI=1S/C20H12Cl2F3NO4S/c1-29-19(28)17-16(4-5-31-17)30-15-3-2-11(20(23,24)25)8-14(15)26-18(27)10-6-12(21)9-13(22)7-10/h2-9H,1H3,(H,26,27). The Hall–Kier alpha value is -2.75. The summed E-state index contributed by atoms with van der Waals surface area (Å²) < 4.78 is 49.9. The van der Waals surface area contributed by atoms with Crippen LogP contribution in [0.5, 0.6) is 11.5 Å². The Balaban J connectivity index is 1.99. The highest BCUT2D eigenvalue weighted by Crippen LogP contribution is 2.39. The van der Waals surface area contributed by atoms with Crippen LogP contribution in [0.2, 0.25) is 10.0 Å². The van der Waals surface area contributed by atoms with E-state index in [4.69, 9.17) is 27.9 Å². The summed E-state index contributed by atoms with van der Waals surface area (Å²) in [4.78, 5) is 24.6. The number of ether oxygens (including phenoxy) is 2. The predicted octanol–water partition coefficient (Wildman–Crippen LogP) is 6.90. The number of hydrogen-bond acceptors (Lipinski definition) is 5. The molecule has 3 rings (SSSR count). The number of carbonyl (C=O) groups excluding carboxylic acids is 2. The van der Waals surface area contributed by atoms with E-state index < -0.39 is 23.6 Å². The Morgan fingerprint density at radius 3 is 2.29 bits per heavy atom. The van der Waals surface area contributed by atoms with Crippen molar-refractivity contribution in [2.75, 3.05) is 12.4 Å². The van der Waals surface area contributed by atoms with E-state index in [0.717, 1.165) is 29.5 Å². The van der Waals surface area contributed by atoms with Crippen molar-refractivity contribution < 1.29 is 32.2 Å². The minimum Gasteiger partial charge on any atom is -0.465 e. The molecule has 2 aromatic carbocycles. The predicted molar refractivity (Wildman–Crippen MR) is 112 cm³/mol. The highest BCUT2D eigenvalue weighted by atomic mass is 35.5. The Morgan fingerprint density at radius 2 is 1.68 bits per heavy atom. The second-order valence-corrected chi connectivity index (χ2v) is 7.82. The molecule has 0 bridgehead atoms. The molecule has 0 saturated heterocycles. The van der Waals surface area contributed by atoms with E-state index >= 15 is 0 Å². The van der Waals surface area contributed by atoms with Gasteiger partial charge in [-0.25, -0.2) is 4.79 Å². The van der Waals surface area contributed by atoms with Gasteiger partial charge in [-0.2, -0.15) is 13.2 Å². The minimum atomic E-state index is -4.66. The van der Waals surface area contributed by atoms with Crippen molar-refractivity contribution in [3.05, 3.63) is 73.9 Å². The van der Waals surface area contributed by atoms with Crippen molar-refractivity contribution in [2.45, 2.75) is 6.18 Å². The molecule has 11 heteroatoms. The summed E-state index contributed by atoms with van der Waals surface area (Å²) in [5, 5.41) is 4.29. The average Bonchev–Trinajstić information content (AvgIpc) is 3.15. The molecule has 0 radical (unpaired) electrons. The van der Waals surface area contributed by atoms with Crippen LogP contribution in [-0.4, -0.2) is 19.0 Å². The molecule has 0 aliphatic heterocycles. The molecular formula is C20H12Cl2F3NO4S. The van der Waals surface area contributed by atoms with Gasteiger partial charge < -0.3 is 14.8 Å². The molecule has 1 aromatic heterocycles. The Bertz CT molecular complexity index is 1130. The molecule has 1 heterocycles.